The van der Waals surface area contributed by atoms with E-state index < -0.39 is 0 Å². The lowest BCUT2D eigenvalue weighted by molar-refractivity contribution is 0.808. The Morgan fingerprint density at radius 1 is 1.05 bits per heavy atom. The highest BCUT2D eigenvalue weighted by Crippen LogP contribution is 2.33. The maximum atomic E-state index is 5.96. The van der Waals surface area contributed by atoms with E-state index in [-0.39, 0.29) is 6.04 Å². The van der Waals surface area contributed by atoms with Crippen molar-refractivity contribution in [2.45, 2.75) is 19.5 Å². The van der Waals surface area contributed by atoms with Crippen molar-refractivity contribution in [1.29, 1.82) is 0 Å². The normalized spacial score (nSPS) is 12.5. The summed E-state index contributed by atoms with van der Waals surface area (Å²) in [5.74, 6) is 0. The maximum absolute atomic E-state index is 5.96. The summed E-state index contributed by atoms with van der Waals surface area (Å²) in [5, 5.41) is 0. The molecule has 3 rings (SSSR count). The first-order valence-electron chi connectivity index (χ1n) is 6.78. The van der Waals surface area contributed by atoms with E-state index in [1.807, 2.05) is 6.92 Å². The molecule has 0 amide bonds. The molecule has 3 aromatic rings. The van der Waals surface area contributed by atoms with E-state index in [1.54, 1.807) is 11.3 Å². The van der Waals surface area contributed by atoms with Crippen LogP contribution < -0.4 is 5.73 Å². The predicted octanol–water partition coefficient (Wildman–Crippen LogP) is 4.28. The zero-order valence-electron chi connectivity index (χ0n) is 11.5. The molecule has 3 heteroatoms. The van der Waals surface area contributed by atoms with Gasteiger partial charge >= 0.3 is 0 Å². The molecule has 0 aliphatic rings. The van der Waals surface area contributed by atoms with Crippen molar-refractivity contribution < 1.29 is 0 Å². The number of benzene rings is 1. The maximum Gasteiger partial charge on any atom is 0.0476 e. The van der Waals surface area contributed by atoms with Gasteiger partial charge in [0.2, 0.25) is 0 Å². The Bertz CT molecular complexity index is 681. The second kappa shape index (κ2) is 5.65. The predicted molar refractivity (Wildman–Crippen MR) is 85.9 cm³/mol. The number of aromatic nitrogens is 1. The molecule has 0 spiro atoms. The number of hydrogen-bond donors (Lipinski definition) is 1. The van der Waals surface area contributed by atoms with Crippen molar-refractivity contribution in [3.63, 3.8) is 0 Å². The Morgan fingerprint density at radius 2 is 1.80 bits per heavy atom. The lowest BCUT2D eigenvalue weighted by Gasteiger charge is -2.09. The summed E-state index contributed by atoms with van der Waals surface area (Å²) in [7, 11) is 0. The number of nitrogens with zero attached hydrogens (tertiary/aromatic N) is 1. The lowest BCUT2D eigenvalue weighted by Crippen LogP contribution is -2.01. The fourth-order valence-corrected chi connectivity index (χ4v) is 3.33. The van der Waals surface area contributed by atoms with E-state index in [0.29, 0.717) is 0 Å². The number of thiophene rings is 1. The minimum atomic E-state index is 0.102. The Labute approximate surface area is 123 Å². The molecule has 0 saturated carbocycles. The molecule has 0 fully saturated rings. The van der Waals surface area contributed by atoms with Gasteiger partial charge < -0.3 is 10.3 Å². The molecule has 0 aliphatic heterocycles. The Hall–Kier alpha value is -1.84. The molecule has 1 unspecified atom stereocenters. The van der Waals surface area contributed by atoms with Crippen LogP contribution in [0.15, 0.2) is 60.9 Å². The first-order valence-corrected chi connectivity index (χ1v) is 7.60. The van der Waals surface area contributed by atoms with Crippen molar-refractivity contribution in [1.82, 2.24) is 4.57 Å². The minimum absolute atomic E-state index is 0.102. The van der Waals surface area contributed by atoms with Gasteiger partial charge in [0.15, 0.2) is 0 Å². The van der Waals surface area contributed by atoms with Gasteiger partial charge in [-0.25, -0.2) is 0 Å². The monoisotopic (exact) mass is 282 g/mol. The Balaban J connectivity index is 1.96. The highest BCUT2D eigenvalue weighted by atomic mass is 32.1. The van der Waals surface area contributed by atoms with Crippen molar-refractivity contribution >= 4 is 11.3 Å². The molecule has 102 valence electrons. The fourth-order valence-electron chi connectivity index (χ4n) is 2.31. The van der Waals surface area contributed by atoms with Crippen LogP contribution in [0.25, 0.3) is 10.4 Å². The van der Waals surface area contributed by atoms with E-state index in [0.717, 1.165) is 6.54 Å². The summed E-state index contributed by atoms with van der Waals surface area (Å²) < 4.78 is 2.19. The molecule has 2 aromatic heterocycles. The van der Waals surface area contributed by atoms with Crippen LogP contribution >= 0.6 is 11.3 Å². The van der Waals surface area contributed by atoms with Gasteiger partial charge in [0.25, 0.3) is 0 Å². The van der Waals surface area contributed by atoms with Crippen molar-refractivity contribution in [3.05, 3.63) is 71.4 Å². The van der Waals surface area contributed by atoms with Gasteiger partial charge in [-0.15, -0.1) is 11.3 Å². The first kappa shape index (κ1) is 13.2. The van der Waals surface area contributed by atoms with Crippen LogP contribution in [0, 0.1) is 0 Å². The zero-order chi connectivity index (χ0) is 13.9. The lowest BCUT2D eigenvalue weighted by atomic mass is 10.1. The highest BCUT2D eigenvalue weighted by Gasteiger charge is 2.09. The van der Waals surface area contributed by atoms with Crippen LogP contribution in [0.2, 0.25) is 0 Å². The van der Waals surface area contributed by atoms with Crippen LogP contribution in [0.5, 0.6) is 0 Å². The quantitative estimate of drug-likeness (QED) is 0.760. The SMILES string of the molecule is CC(N)c1ccc(-c2ccccc2Cn2cccc2)s1. The van der Waals surface area contributed by atoms with Crippen LogP contribution in [0.3, 0.4) is 0 Å². The molecule has 0 saturated heterocycles. The van der Waals surface area contributed by atoms with E-state index >= 15 is 0 Å². The molecule has 1 atom stereocenters. The van der Waals surface area contributed by atoms with Gasteiger partial charge in [-0.3, -0.25) is 0 Å². The zero-order valence-corrected chi connectivity index (χ0v) is 12.3. The van der Waals surface area contributed by atoms with Crippen LogP contribution in [0.1, 0.15) is 23.4 Å². The molecule has 1 aromatic carbocycles. The largest absolute Gasteiger partial charge is 0.350 e. The summed E-state index contributed by atoms with van der Waals surface area (Å²) in [5.41, 5.74) is 8.60. The summed E-state index contributed by atoms with van der Waals surface area (Å²) in [4.78, 5) is 2.52. The second-order valence-electron chi connectivity index (χ2n) is 5.00. The fraction of sp³-hybridized carbons (Fsp3) is 0.176. The minimum Gasteiger partial charge on any atom is -0.350 e. The third-order valence-corrected chi connectivity index (χ3v) is 4.70. The van der Waals surface area contributed by atoms with Crippen molar-refractivity contribution in [2.75, 3.05) is 0 Å². The average Bonchev–Trinajstić information content (AvgIpc) is 3.10. The molecule has 0 bridgehead atoms. The topological polar surface area (TPSA) is 30.9 Å². The molecule has 2 nitrogen and oxygen atoms in total. The van der Waals surface area contributed by atoms with E-state index in [9.17, 15) is 0 Å². The molecule has 20 heavy (non-hydrogen) atoms. The standard InChI is InChI=1S/C17H18N2S/c1-13(18)16-8-9-17(20-16)15-7-3-2-6-14(15)12-19-10-4-5-11-19/h2-11,13H,12,18H2,1H3. The third-order valence-electron chi connectivity index (χ3n) is 3.38. The van der Waals surface area contributed by atoms with E-state index in [4.69, 9.17) is 5.73 Å². The molecular weight excluding hydrogens is 264 g/mol. The van der Waals surface area contributed by atoms with Gasteiger partial charge in [-0.1, -0.05) is 24.3 Å². The van der Waals surface area contributed by atoms with Gasteiger partial charge in [-0.2, -0.15) is 0 Å². The van der Waals surface area contributed by atoms with Gasteiger partial charge in [0.05, 0.1) is 0 Å². The molecular formula is C17H18N2S. The van der Waals surface area contributed by atoms with Crippen LogP contribution in [-0.4, -0.2) is 4.57 Å². The van der Waals surface area contributed by atoms with Crippen LogP contribution in [-0.2, 0) is 6.54 Å². The number of rotatable bonds is 4. The van der Waals surface area contributed by atoms with Gasteiger partial charge in [0, 0.05) is 34.7 Å². The third kappa shape index (κ3) is 2.69. The van der Waals surface area contributed by atoms with Gasteiger partial charge in [-0.05, 0) is 42.3 Å². The average molecular weight is 282 g/mol. The number of nitrogens with two attached hydrogens (primary N) is 1. The summed E-state index contributed by atoms with van der Waals surface area (Å²) in [6, 6.07) is 17.1. The molecule has 2 N–H and O–H groups in total. The van der Waals surface area contributed by atoms with Gasteiger partial charge in [0.1, 0.15) is 0 Å². The molecule has 0 aliphatic carbocycles. The summed E-state index contributed by atoms with van der Waals surface area (Å²) in [6.45, 7) is 2.93. The highest BCUT2D eigenvalue weighted by molar-refractivity contribution is 7.15. The van der Waals surface area contributed by atoms with Crippen molar-refractivity contribution in [2.24, 2.45) is 5.73 Å². The Kier molecular flexibility index (Phi) is 3.72. The smallest absolute Gasteiger partial charge is 0.0476 e. The van der Waals surface area contributed by atoms with E-state index in [2.05, 4.69) is 65.5 Å². The molecule has 2 heterocycles. The van der Waals surface area contributed by atoms with E-state index in [1.165, 1.54) is 20.9 Å². The molecule has 0 radical (unpaired) electrons. The van der Waals surface area contributed by atoms with Crippen molar-refractivity contribution in [3.8, 4) is 10.4 Å². The summed E-state index contributed by atoms with van der Waals surface area (Å²) in [6.07, 6.45) is 4.19. The first-order chi connectivity index (χ1) is 9.74. The second-order valence-corrected chi connectivity index (χ2v) is 6.12. The number of hydrogen-bond acceptors (Lipinski definition) is 2. The Morgan fingerprint density at radius 3 is 2.50 bits per heavy atom. The van der Waals surface area contributed by atoms with Crippen LogP contribution in [0.4, 0.5) is 0 Å². The summed E-state index contributed by atoms with van der Waals surface area (Å²) >= 11 is 1.79.